The Bertz CT molecular complexity index is 1070. The van der Waals surface area contributed by atoms with E-state index in [1.54, 1.807) is 19.9 Å². The molecule has 0 aliphatic rings. The third-order valence-electron chi connectivity index (χ3n) is 4.11. The number of rotatable bonds is 9. The minimum absolute atomic E-state index is 0.315. The number of aliphatic carboxylic acids is 1. The van der Waals surface area contributed by atoms with Crippen LogP contribution in [0.1, 0.15) is 19.5 Å². The minimum Gasteiger partial charge on any atom is -0.480 e. The number of carboxylic acids is 1. The molecule has 0 saturated heterocycles. The second-order valence-electron chi connectivity index (χ2n) is 7.07. The number of thioether (sulfide) groups is 1. The van der Waals surface area contributed by atoms with Gasteiger partial charge in [0.05, 0.1) is 5.69 Å². The summed E-state index contributed by atoms with van der Waals surface area (Å²) >= 11 is 2.59. The first-order chi connectivity index (χ1) is 15.0. The highest BCUT2D eigenvalue weighted by Crippen LogP contribution is 2.34. The van der Waals surface area contributed by atoms with Crippen LogP contribution >= 0.6 is 23.1 Å². The van der Waals surface area contributed by atoms with Crippen LogP contribution in [0.3, 0.4) is 0 Å². The highest BCUT2D eigenvalue weighted by Gasteiger charge is 2.31. The minimum atomic E-state index is -4.76. The van der Waals surface area contributed by atoms with Gasteiger partial charge in [-0.2, -0.15) is 0 Å². The number of hydrogen-bond donors (Lipinski definition) is 2. The van der Waals surface area contributed by atoms with Gasteiger partial charge >= 0.3 is 12.3 Å². The lowest BCUT2D eigenvalue weighted by atomic mass is 10.1. The fraction of sp³-hybridized carbons (Fsp3) is 0.300. The van der Waals surface area contributed by atoms with Crippen LogP contribution in [0, 0.1) is 0 Å². The number of alkyl halides is 3. The molecule has 1 aromatic carbocycles. The standard InChI is InChI=1S/C20H19F3N4O3S2/c1-19(2,16(28)29)32-18-27-14(11-31-18)6-7-24-17-25-9-13(10-26-17)12-4-3-5-15(8-12)30-20(21,22)23/h3-5,8-11H,6-7H2,1-2H3,(H,28,29)(H,24,25,26). The van der Waals surface area contributed by atoms with Crippen LogP contribution in [-0.2, 0) is 11.2 Å². The zero-order chi connectivity index (χ0) is 23.4. The lowest BCUT2D eigenvalue weighted by Crippen LogP contribution is -2.26. The molecule has 0 fully saturated rings. The van der Waals surface area contributed by atoms with Gasteiger partial charge in [-0.25, -0.2) is 15.0 Å². The van der Waals surface area contributed by atoms with Gasteiger partial charge in [-0.05, 0) is 31.5 Å². The summed E-state index contributed by atoms with van der Waals surface area (Å²) in [5.41, 5.74) is 1.87. The quantitative estimate of drug-likeness (QED) is 0.405. The number of nitrogens with one attached hydrogen (secondary N) is 1. The van der Waals surface area contributed by atoms with Gasteiger partial charge in [-0.1, -0.05) is 23.9 Å². The number of thiazole rings is 1. The number of benzene rings is 1. The summed E-state index contributed by atoms with van der Waals surface area (Å²) in [7, 11) is 0. The predicted molar refractivity (Wildman–Crippen MR) is 116 cm³/mol. The van der Waals surface area contributed by atoms with E-state index in [0.29, 0.717) is 34.4 Å². The largest absolute Gasteiger partial charge is 0.573 e. The first-order valence-corrected chi connectivity index (χ1v) is 11.0. The third-order valence-corrected chi connectivity index (χ3v) is 6.28. The second-order valence-corrected chi connectivity index (χ2v) is 9.80. The Kier molecular flexibility index (Phi) is 7.24. The number of hydrogen-bond acceptors (Lipinski definition) is 8. The summed E-state index contributed by atoms with van der Waals surface area (Å²) in [4.78, 5) is 24.1. The van der Waals surface area contributed by atoms with Crippen LogP contribution in [0.2, 0.25) is 0 Å². The van der Waals surface area contributed by atoms with Crippen molar-refractivity contribution >= 4 is 35.0 Å². The zero-order valence-corrected chi connectivity index (χ0v) is 18.6. The molecule has 0 unspecified atom stereocenters. The number of carboxylic acid groups (broad SMARTS) is 1. The number of ether oxygens (including phenoxy) is 1. The molecule has 0 saturated carbocycles. The zero-order valence-electron chi connectivity index (χ0n) is 17.0. The maximum atomic E-state index is 12.4. The number of anilines is 1. The van der Waals surface area contributed by atoms with E-state index >= 15 is 0 Å². The van der Waals surface area contributed by atoms with Crippen molar-refractivity contribution in [2.45, 2.75) is 35.7 Å². The summed E-state index contributed by atoms with van der Waals surface area (Å²) in [5, 5.41) is 14.1. The maximum Gasteiger partial charge on any atom is 0.573 e. The molecular formula is C20H19F3N4O3S2. The van der Waals surface area contributed by atoms with E-state index in [-0.39, 0.29) is 5.75 Å². The molecule has 3 rings (SSSR count). The van der Waals surface area contributed by atoms with E-state index in [1.807, 2.05) is 5.38 Å². The molecule has 32 heavy (non-hydrogen) atoms. The van der Waals surface area contributed by atoms with Crippen LogP contribution in [0.25, 0.3) is 11.1 Å². The third kappa shape index (κ3) is 6.82. The van der Waals surface area contributed by atoms with Crippen molar-refractivity contribution in [1.29, 1.82) is 0 Å². The molecule has 0 bridgehead atoms. The topological polar surface area (TPSA) is 97.2 Å². The summed E-state index contributed by atoms with van der Waals surface area (Å²) in [5.74, 6) is -0.848. The summed E-state index contributed by atoms with van der Waals surface area (Å²) in [6.45, 7) is 3.76. The lowest BCUT2D eigenvalue weighted by molar-refractivity contribution is -0.274. The molecule has 0 aliphatic heterocycles. The number of halogens is 3. The van der Waals surface area contributed by atoms with Crippen molar-refractivity contribution in [1.82, 2.24) is 15.0 Å². The Morgan fingerprint density at radius 3 is 2.59 bits per heavy atom. The van der Waals surface area contributed by atoms with Gasteiger partial charge < -0.3 is 15.2 Å². The maximum absolute atomic E-state index is 12.4. The molecule has 170 valence electrons. The van der Waals surface area contributed by atoms with Crippen LogP contribution in [0.15, 0.2) is 46.4 Å². The van der Waals surface area contributed by atoms with Gasteiger partial charge in [0.2, 0.25) is 5.95 Å². The Hall–Kier alpha value is -2.86. The van der Waals surface area contributed by atoms with Crippen molar-refractivity contribution in [3.63, 3.8) is 0 Å². The molecule has 0 atom stereocenters. The van der Waals surface area contributed by atoms with Gasteiger partial charge in [0.25, 0.3) is 0 Å². The van der Waals surface area contributed by atoms with Gasteiger partial charge in [0.1, 0.15) is 10.5 Å². The number of carbonyl (C=O) groups is 1. The Morgan fingerprint density at radius 2 is 1.94 bits per heavy atom. The monoisotopic (exact) mass is 484 g/mol. The summed E-state index contributed by atoms with van der Waals surface area (Å²) in [6, 6.07) is 5.58. The van der Waals surface area contributed by atoms with Crippen LogP contribution in [-0.4, -0.2) is 43.7 Å². The van der Waals surface area contributed by atoms with Crippen molar-refractivity contribution < 1.29 is 27.8 Å². The molecule has 7 nitrogen and oxygen atoms in total. The van der Waals surface area contributed by atoms with Crippen LogP contribution in [0.5, 0.6) is 5.75 Å². The van der Waals surface area contributed by atoms with E-state index < -0.39 is 17.1 Å². The lowest BCUT2D eigenvalue weighted by Gasteiger charge is -2.15. The molecule has 0 spiro atoms. The molecule has 0 radical (unpaired) electrons. The van der Waals surface area contributed by atoms with E-state index in [9.17, 15) is 23.1 Å². The summed E-state index contributed by atoms with van der Waals surface area (Å²) < 4.78 is 40.8. The first-order valence-electron chi connectivity index (χ1n) is 9.31. The molecule has 2 N–H and O–H groups in total. The molecule has 2 heterocycles. The summed E-state index contributed by atoms with van der Waals surface area (Å²) in [6.07, 6.45) is -1.15. The molecule has 0 amide bonds. The number of aromatic nitrogens is 3. The average Bonchev–Trinajstić information content (AvgIpc) is 3.14. The van der Waals surface area contributed by atoms with Gasteiger partial charge in [-0.3, -0.25) is 4.79 Å². The van der Waals surface area contributed by atoms with E-state index in [4.69, 9.17) is 0 Å². The van der Waals surface area contributed by atoms with E-state index in [0.717, 1.165) is 5.69 Å². The Morgan fingerprint density at radius 1 is 1.22 bits per heavy atom. The van der Waals surface area contributed by atoms with E-state index in [2.05, 4.69) is 25.0 Å². The van der Waals surface area contributed by atoms with E-state index in [1.165, 1.54) is 53.7 Å². The Labute approximate surface area is 190 Å². The second kappa shape index (κ2) is 9.74. The van der Waals surface area contributed by atoms with Crippen molar-refractivity contribution in [2.24, 2.45) is 0 Å². The fourth-order valence-corrected chi connectivity index (χ4v) is 4.68. The van der Waals surface area contributed by atoms with Crippen molar-refractivity contribution in [3.8, 4) is 16.9 Å². The van der Waals surface area contributed by atoms with Gasteiger partial charge in [0, 0.05) is 36.3 Å². The highest BCUT2D eigenvalue weighted by atomic mass is 32.2. The highest BCUT2D eigenvalue weighted by molar-refractivity contribution is 8.02. The fourth-order valence-electron chi connectivity index (χ4n) is 2.46. The SMILES string of the molecule is CC(C)(Sc1nc(CCNc2ncc(-c3cccc(OC(F)(F)F)c3)cn2)cs1)C(=O)O. The van der Waals surface area contributed by atoms with Gasteiger partial charge in [-0.15, -0.1) is 24.5 Å². The van der Waals surface area contributed by atoms with Crippen molar-refractivity contribution in [2.75, 3.05) is 11.9 Å². The van der Waals surface area contributed by atoms with Crippen LogP contribution < -0.4 is 10.1 Å². The van der Waals surface area contributed by atoms with Crippen LogP contribution in [0.4, 0.5) is 19.1 Å². The average molecular weight is 485 g/mol. The van der Waals surface area contributed by atoms with Gasteiger partial charge in [0.15, 0.2) is 4.34 Å². The van der Waals surface area contributed by atoms with Crippen molar-refractivity contribution in [3.05, 3.63) is 47.7 Å². The number of nitrogens with zero attached hydrogens (tertiary/aromatic N) is 3. The normalized spacial score (nSPS) is 11.9. The Balaban J connectivity index is 1.54. The first kappa shape index (κ1) is 23.8. The molecule has 12 heteroatoms. The molecule has 2 aromatic heterocycles. The molecule has 0 aliphatic carbocycles. The smallest absolute Gasteiger partial charge is 0.480 e. The predicted octanol–water partition coefficient (Wildman–Crippen LogP) is 5.11. The molecular weight excluding hydrogens is 465 g/mol. The molecule has 3 aromatic rings.